The number of amides is 3. The fraction of sp³-hybridized carbons (Fsp3) is 0.143. The van der Waals surface area contributed by atoms with E-state index in [2.05, 4.69) is 16.0 Å². The van der Waals surface area contributed by atoms with Crippen LogP contribution < -0.4 is 20.7 Å². The molecule has 3 amide bonds. The minimum Gasteiger partial charge on any atom is -0.496 e. The van der Waals surface area contributed by atoms with Gasteiger partial charge < -0.3 is 25.4 Å². The van der Waals surface area contributed by atoms with Gasteiger partial charge in [0.1, 0.15) is 16.7 Å². The lowest BCUT2D eigenvalue weighted by Crippen LogP contribution is -2.30. The first-order chi connectivity index (χ1) is 25.3. The van der Waals surface area contributed by atoms with Gasteiger partial charge >= 0.3 is 5.97 Å². The molecule has 5 aromatic rings. The van der Waals surface area contributed by atoms with Crippen LogP contribution in [0.4, 0.5) is 11.4 Å². The van der Waals surface area contributed by atoms with Gasteiger partial charge in [0, 0.05) is 27.4 Å². The molecule has 0 aliphatic carbocycles. The highest BCUT2D eigenvalue weighted by Gasteiger charge is 2.23. The quantitative estimate of drug-likeness (QED) is 0.0430. The molecule has 0 aliphatic rings. The summed E-state index contributed by atoms with van der Waals surface area (Å²) in [7, 11) is 1.53. The summed E-state index contributed by atoms with van der Waals surface area (Å²) in [6.45, 7) is 2.39. The summed E-state index contributed by atoms with van der Waals surface area (Å²) >= 11 is 1.35. The van der Waals surface area contributed by atoms with Crippen molar-refractivity contribution in [3.8, 4) is 5.75 Å². The molecule has 264 valence electrons. The third-order valence-electron chi connectivity index (χ3n) is 7.79. The number of para-hydroxylation sites is 1. The van der Waals surface area contributed by atoms with Gasteiger partial charge in [-0.3, -0.25) is 14.4 Å². The van der Waals surface area contributed by atoms with Crippen molar-refractivity contribution < 1.29 is 28.7 Å². The van der Waals surface area contributed by atoms with Gasteiger partial charge in [-0.2, -0.15) is 0 Å². The molecule has 0 radical (unpaired) electrons. The number of methoxy groups -OCH3 is 1. The van der Waals surface area contributed by atoms with Crippen LogP contribution in [0.15, 0.2) is 144 Å². The first-order valence-corrected chi connectivity index (χ1v) is 17.6. The van der Waals surface area contributed by atoms with E-state index >= 15 is 0 Å². The van der Waals surface area contributed by atoms with Crippen LogP contribution in [0.5, 0.6) is 5.75 Å². The molecule has 0 bridgehead atoms. The van der Waals surface area contributed by atoms with Gasteiger partial charge in [-0.15, -0.1) is 11.8 Å². The summed E-state index contributed by atoms with van der Waals surface area (Å²) in [6, 6.07) is 38.9. The van der Waals surface area contributed by atoms with Crippen molar-refractivity contribution in [2.45, 2.75) is 29.9 Å². The maximum Gasteiger partial charge on any atom is 0.338 e. The first kappa shape index (κ1) is 37.1. The molecule has 1 atom stereocenters. The Labute approximate surface area is 307 Å². The molecule has 52 heavy (non-hydrogen) atoms. The van der Waals surface area contributed by atoms with E-state index in [-0.39, 0.29) is 11.6 Å². The normalized spacial score (nSPS) is 11.5. The van der Waals surface area contributed by atoms with Crippen molar-refractivity contribution in [2.75, 3.05) is 24.4 Å². The number of hydrogen-bond donors (Lipinski definition) is 3. The zero-order valence-corrected chi connectivity index (χ0v) is 29.7. The van der Waals surface area contributed by atoms with E-state index in [0.717, 1.165) is 23.3 Å². The van der Waals surface area contributed by atoms with Gasteiger partial charge in [0.2, 0.25) is 5.91 Å². The molecule has 10 heteroatoms. The Balaban J connectivity index is 1.29. The lowest BCUT2D eigenvalue weighted by atomic mass is 10.1. The number of ether oxygens (including phenoxy) is 2. The molecule has 0 aliphatic heterocycles. The Hall–Kier alpha value is -6.13. The highest BCUT2D eigenvalue weighted by molar-refractivity contribution is 8.00. The number of benzene rings is 5. The zero-order chi connectivity index (χ0) is 36.7. The number of thioether (sulfide) groups is 1. The average Bonchev–Trinajstić information content (AvgIpc) is 3.18. The van der Waals surface area contributed by atoms with E-state index in [1.54, 1.807) is 84.9 Å². The van der Waals surface area contributed by atoms with Gasteiger partial charge in [-0.05, 0) is 84.8 Å². The summed E-state index contributed by atoms with van der Waals surface area (Å²) in [5, 5.41) is 7.97. The predicted molar refractivity (Wildman–Crippen MR) is 205 cm³/mol. The van der Waals surface area contributed by atoms with Crippen molar-refractivity contribution in [3.63, 3.8) is 0 Å². The largest absolute Gasteiger partial charge is 0.496 e. The zero-order valence-electron chi connectivity index (χ0n) is 28.8. The molecule has 0 fully saturated rings. The third-order valence-corrected chi connectivity index (χ3v) is 9.06. The number of esters is 1. The Kier molecular flexibility index (Phi) is 13.4. The molecule has 3 N–H and O–H groups in total. The molecular weight excluding hydrogens is 675 g/mol. The standard InChI is InChI=1S/C42H39N3O6S/c1-3-4-27-51-42(49)31-19-21-33(22-20-31)44-41(48)38(29-13-7-5-8-14-29)52-35-25-23-34(24-26-35)43-40(47)36(28-32-17-11-12-18-37(32)50-2)45-39(46)30-15-9-6-10-16-30/h5-26,28,38H,3-4,27H2,1-2H3,(H,43,47)(H,44,48)(H,45,46)/b36-28-. The number of anilines is 2. The second kappa shape index (κ2) is 18.7. The number of unbranched alkanes of at least 4 members (excludes halogenated alkanes) is 1. The molecule has 0 spiro atoms. The Morgan fingerprint density at radius 2 is 1.33 bits per heavy atom. The van der Waals surface area contributed by atoms with Gasteiger partial charge in [-0.25, -0.2) is 4.79 Å². The Morgan fingerprint density at radius 3 is 2.00 bits per heavy atom. The second-order valence-electron chi connectivity index (χ2n) is 11.6. The van der Waals surface area contributed by atoms with E-state index in [1.165, 1.54) is 18.9 Å². The molecule has 0 aromatic heterocycles. The number of carbonyl (C=O) groups is 4. The summed E-state index contributed by atoms with van der Waals surface area (Å²) < 4.78 is 10.7. The molecule has 5 rings (SSSR count). The molecule has 0 saturated heterocycles. The second-order valence-corrected chi connectivity index (χ2v) is 12.7. The Morgan fingerprint density at radius 1 is 0.712 bits per heavy atom. The minimum atomic E-state index is -0.607. The topological polar surface area (TPSA) is 123 Å². The summed E-state index contributed by atoms with van der Waals surface area (Å²) in [5.41, 5.74) is 3.30. The van der Waals surface area contributed by atoms with Crippen LogP contribution in [0.2, 0.25) is 0 Å². The van der Waals surface area contributed by atoms with Crippen molar-refractivity contribution in [1.29, 1.82) is 0 Å². The smallest absolute Gasteiger partial charge is 0.338 e. The molecule has 9 nitrogen and oxygen atoms in total. The van der Waals surface area contributed by atoms with Crippen molar-refractivity contribution in [3.05, 3.63) is 161 Å². The number of hydrogen-bond acceptors (Lipinski definition) is 7. The lowest BCUT2D eigenvalue weighted by Gasteiger charge is -2.18. The molecule has 1 unspecified atom stereocenters. The van der Waals surface area contributed by atoms with Crippen LogP contribution in [0.1, 0.15) is 56.9 Å². The first-order valence-electron chi connectivity index (χ1n) is 16.8. The molecular formula is C42H39N3O6S. The average molecular weight is 714 g/mol. The van der Waals surface area contributed by atoms with E-state index in [1.807, 2.05) is 61.5 Å². The maximum atomic E-state index is 13.7. The SMILES string of the molecule is CCCCOC(=O)c1ccc(NC(=O)C(Sc2ccc(NC(=O)/C(=C/c3ccccc3OC)NC(=O)c3ccccc3)cc2)c2ccccc2)cc1. The van der Waals surface area contributed by atoms with Crippen LogP contribution in [0, 0.1) is 0 Å². The van der Waals surface area contributed by atoms with Gasteiger partial charge in [0.15, 0.2) is 0 Å². The Bertz CT molecular complexity index is 2000. The van der Waals surface area contributed by atoms with Crippen molar-refractivity contribution >= 4 is 52.9 Å². The molecule has 5 aromatic carbocycles. The van der Waals surface area contributed by atoms with Crippen LogP contribution in [0.3, 0.4) is 0 Å². The van der Waals surface area contributed by atoms with Crippen LogP contribution in [0.25, 0.3) is 6.08 Å². The van der Waals surface area contributed by atoms with Crippen molar-refractivity contribution in [2.24, 2.45) is 0 Å². The van der Waals surface area contributed by atoms with Crippen molar-refractivity contribution in [1.82, 2.24) is 5.32 Å². The maximum absolute atomic E-state index is 13.7. The fourth-order valence-electron chi connectivity index (χ4n) is 5.03. The van der Waals surface area contributed by atoms with E-state index < -0.39 is 23.0 Å². The molecule has 0 saturated carbocycles. The number of nitrogens with one attached hydrogen (secondary N) is 3. The monoisotopic (exact) mass is 713 g/mol. The lowest BCUT2D eigenvalue weighted by molar-refractivity contribution is -0.116. The van der Waals surface area contributed by atoms with E-state index in [0.29, 0.717) is 40.4 Å². The van der Waals surface area contributed by atoms with Crippen LogP contribution >= 0.6 is 11.8 Å². The summed E-state index contributed by atoms with van der Waals surface area (Å²) in [6.07, 6.45) is 3.29. The van der Waals surface area contributed by atoms with Gasteiger partial charge in [0.05, 0.1) is 19.3 Å². The fourth-order valence-corrected chi connectivity index (χ4v) is 6.05. The van der Waals surface area contributed by atoms with Gasteiger partial charge in [0.25, 0.3) is 11.8 Å². The van der Waals surface area contributed by atoms with Gasteiger partial charge in [-0.1, -0.05) is 80.1 Å². The van der Waals surface area contributed by atoms with Crippen LogP contribution in [-0.2, 0) is 14.3 Å². The third kappa shape index (κ3) is 10.4. The predicted octanol–water partition coefficient (Wildman–Crippen LogP) is 8.53. The van der Waals surface area contributed by atoms with E-state index in [9.17, 15) is 19.2 Å². The summed E-state index contributed by atoms with van der Waals surface area (Å²) in [4.78, 5) is 53.4. The minimum absolute atomic E-state index is 0.0269. The van der Waals surface area contributed by atoms with Crippen LogP contribution in [-0.4, -0.2) is 37.4 Å². The molecule has 0 heterocycles. The number of carbonyl (C=O) groups excluding carboxylic acids is 4. The highest BCUT2D eigenvalue weighted by atomic mass is 32.2. The highest BCUT2D eigenvalue weighted by Crippen LogP contribution is 2.37. The van der Waals surface area contributed by atoms with E-state index in [4.69, 9.17) is 9.47 Å². The summed E-state index contributed by atoms with van der Waals surface area (Å²) in [5.74, 6) is -1.07. The number of rotatable bonds is 15.